The molecule has 0 spiro atoms. The van der Waals surface area contributed by atoms with Crippen LogP contribution in [0.1, 0.15) is 26.0 Å². The third kappa shape index (κ3) is 2.82. The largest absolute Gasteiger partial charge is 0.480 e. The molecular weight excluding hydrogens is 212 g/mol. The minimum atomic E-state index is -1.24. The van der Waals surface area contributed by atoms with Crippen molar-refractivity contribution < 1.29 is 19.2 Å². The van der Waals surface area contributed by atoms with Gasteiger partial charge in [-0.2, -0.15) is 0 Å². The van der Waals surface area contributed by atoms with Crippen molar-refractivity contribution >= 4 is 11.9 Å². The molecule has 1 unspecified atom stereocenters. The first kappa shape index (κ1) is 12.2. The van der Waals surface area contributed by atoms with Gasteiger partial charge in [-0.3, -0.25) is 4.79 Å². The second-order valence-corrected chi connectivity index (χ2v) is 3.71. The SMILES string of the molecule is CCC(C)(NC(=O)Cc1ccon1)C(=O)O. The standard InChI is InChI=1S/C10H14N2O4/c1-3-10(2,9(14)15)11-8(13)6-7-4-5-16-12-7/h4-5H,3,6H2,1-2H3,(H,11,13)(H,14,15). The van der Waals surface area contributed by atoms with Gasteiger partial charge in [0.1, 0.15) is 11.8 Å². The number of hydrogen-bond donors (Lipinski definition) is 2. The molecular formula is C10H14N2O4. The molecule has 16 heavy (non-hydrogen) atoms. The zero-order valence-corrected chi connectivity index (χ0v) is 9.19. The fourth-order valence-corrected chi connectivity index (χ4v) is 1.14. The Bertz CT molecular complexity index is 374. The van der Waals surface area contributed by atoms with Gasteiger partial charge in [0.2, 0.25) is 5.91 Å². The summed E-state index contributed by atoms with van der Waals surface area (Å²) < 4.78 is 4.57. The number of carboxylic acids is 1. The Hall–Kier alpha value is -1.85. The Balaban J connectivity index is 2.60. The van der Waals surface area contributed by atoms with E-state index in [1.165, 1.54) is 13.2 Å². The normalized spacial score (nSPS) is 14.1. The number of carbonyl (C=O) groups is 2. The highest BCUT2D eigenvalue weighted by Gasteiger charge is 2.32. The first-order valence-electron chi connectivity index (χ1n) is 4.91. The van der Waals surface area contributed by atoms with Gasteiger partial charge in [-0.25, -0.2) is 4.79 Å². The number of nitrogens with zero attached hydrogens (tertiary/aromatic N) is 1. The third-order valence-electron chi connectivity index (χ3n) is 2.43. The van der Waals surface area contributed by atoms with Crippen LogP contribution < -0.4 is 5.32 Å². The molecule has 0 aromatic carbocycles. The summed E-state index contributed by atoms with van der Waals surface area (Å²) in [5.41, 5.74) is -0.762. The monoisotopic (exact) mass is 226 g/mol. The number of aliphatic carboxylic acids is 1. The first-order valence-corrected chi connectivity index (χ1v) is 4.91. The summed E-state index contributed by atoms with van der Waals surface area (Å²) in [5, 5.41) is 15.0. The van der Waals surface area contributed by atoms with Gasteiger partial charge < -0.3 is 14.9 Å². The highest BCUT2D eigenvalue weighted by atomic mass is 16.5. The lowest BCUT2D eigenvalue weighted by atomic mass is 9.99. The van der Waals surface area contributed by atoms with E-state index in [9.17, 15) is 9.59 Å². The number of aromatic nitrogens is 1. The second-order valence-electron chi connectivity index (χ2n) is 3.71. The molecule has 0 aliphatic heterocycles. The molecule has 0 aliphatic carbocycles. The van der Waals surface area contributed by atoms with Crippen LogP contribution in [-0.2, 0) is 16.0 Å². The highest BCUT2D eigenvalue weighted by Crippen LogP contribution is 2.09. The predicted octanol–water partition coefficient (Wildman–Crippen LogP) is 0.587. The fourth-order valence-electron chi connectivity index (χ4n) is 1.14. The van der Waals surface area contributed by atoms with Crippen LogP contribution in [0.3, 0.4) is 0 Å². The number of amides is 1. The van der Waals surface area contributed by atoms with Gasteiger partial charge in [0.25, 0.3) is 0 Å². The minimum Gasteiger partial charge on any atom is -0.480 e. The van der Waals surface area contributed by atoms with Crippen LogP contribution in [0.15, 0.2) is 16.9 Å². The lowest BCUT2D eigenvalue weighted by Crippen LogP contribution is -2.52. The lowest BCUT2D eigenvalue weighted by molar-refractivity contribution is -0.146. The van der Waals surface area contributed by atoms with Crippen LogP contribution in [-0.4, -0.2) is 27.7 Å². The van der Waals surface area contributed by atoms with Crippen LogP contribution in [0.4, 0.5) is 0 Å². The van der Waals surface area contributed by atoms with Crippen molar-refractivity contribution in [3.05, 3.63) is 18.0 Å². The van der Waals surface area contributed by atoms with E-state index in [2.05, 4.69) is 15.0 Å². The van der Waals surface area contributed by atoms with E-state index in [1.54, 1.807) is 13.0 Å². The Morgan fingerprint density at radius 1 is 1.62 bits per heavy atom. The maximum Gasteiger partial charge on any atom is 0.329 e. The molecule has 1 aromatic heterocycles. The average molecular weight is 226 g/mol. The molecule has 1 atom stereocenters. The molecule has 0 fully saturated rings. The highest BCUT2D eigenvalue weighted by molar-refractivity contribution is 5.87. The topological polar surface area (TPSA) is 92.4 Å². The van der Waals surface area contributed by atoms with Crippen molar-refractivity contribution in [2.75, 3.05) is 0 Å². The number of hydrogen-bond acceptors (Lipinski definition) is 4. The van der Waals surface area contributed by atoms with Gasteiger partial charge in [-0.15, -0.1) is 0 Å². The second kappa shape index (κ2) is 4.78. The van der Waals surface area contributed by atoms with Crippen LogP contribution in [0.2, 0.25) is 0 Å². The van der Waals surface area contributed by atoms with Crippen LogP contribution in [0, 0.1) is 0 Å². The van der Waals surface area contributed by atoms with Crippen molar-refractivity contribution in [2.24, 2.45) is 0 Å². The summed E-state index contributed by atoms with van der Waals surface area (Å²) in [5.74, 6) is -1.44. The van der Waals surface area contributed by atoms with Crippen molar-refractivity contribution in [1.29, 1.82) is 0 Å². The maximum atomic E-state index is 11.5. The molecule has 1 aromatic rings. The molecule has 1 rings (SSSR count). The van der Waals surface area contributed by atoms with Gasteiger partial charge in [-0.1, -0.05) is 12.1 Å². The minimum absolute atomic E-state index is 0.0133. The molecule has 0 bridgehead atoms. The van der Waals surface area contributed by atoms with E-state index in [1.807, 2.05) is 0 Å². The predicted molar refractivity (Wildman–Crippen MR) is 54.7 cm³/mol. The molecule has 1 amide bonds. The Kier molecular flexibility index (Phi) is 3.65. The van der Waals surface area contributed by atoms with Gasteiger partial charge in [0, 0.05) is 6.07 Å². The zero-order chi connectivity index (χ0) is 12.2. The molecule has 0 aliphatic rings. The average Bonchev–Trinajstić information content (AvgIpc) is 2.69. The molecule has 2 N–H and O–H groups in total. The Morgan fingerprint density at radius 2 is 2.31 bits per heavy atom. The van der Waals surface area contributed by atoms with Crippen molar-refractivity contribution in [2.45, 2.75) is 32.2 Å². The summed E-state index contributed by atoms with van der Waals surface area (Å²) in [7, 11) is 0. The third-order valence-corrected chi connectivity index (χ3v) is 2.43. The quantitative estimate of drug-likeness (QED) is 0.766. The van der Waals surface area contributed by atoms with E-state index in [0.717, 1.165) is 0 Å². The number of nitrogens with one attached hydrogen (secondary N) is 1. The van der Waals surface area contributed by atoms with E-state index < -0.39 is 11.5 Å². The van der Waals surface area contributed by atoms with Gasteiger partial charge in [-0.05, 0) is 13.3 Å². The van der Waals surface area contributed by atoms with Crippen LogP contribution in [0.5, 0.6) is 0 Å². The van der Waals surface area contributed by atoms with Gasteiger partial charge in [0.15, 0.2) is 0 Å². The summed E-state index contributed by atoms with van der Waals surface area (Å²) >= 11 is 0. The van der Waals surface area contributed by atoms with E-state index >= 15 is 0 Å². The van der Waals surface area contributed by atoms with E-state index in [4.69, 9.17) is 5.11 Å². The Morgan fingerprint density at radius 3 is 2.75 bits per heavy atom. The fraction of sp³-hybridized carbons (Fsp3) is 0.500. The summed E-state index contributed by atoms with van der Waals surface area (Å²) in [6.07, 6.45) is 1.69. The van der Waals surface area contributed by atoms with Crippen molar-refractivity contribution in [1.82, 2.24) is 10.5 Å². The Labute approximate surface area is 92.6 Å². The van der Waals surface area contributed by atoms with E-state index in [0.29, 0.717) is 12.1 Å². The van der Waals surface area contributed by atoms with Gasteiger partial charge >= 0.3 is 5.97 Å². The number of rotatable bonds is 5. The smallest absolute Gasteiger partial charge is 0.329 e. The maximum absolute atomic E-state index is 11.5. The molecule has 88 valence electrons. The number of carboxylic acid groups (broad SMARTS) is 1. The summed E-state index contributed by atoms with van der Waals surface area (Å²) in [4.78, 5) is 22.5. The number of carbonyl (C=O) groups excluding carboxylic acids is 1. The van der Waals surface area contributed by atoms with Gasteiger partial charge in [0.05, 0.1) is 12.1 Å². The first-order chi connectivity index (χ1) is 7.48. The zero-order valence-electron chi connectivity index (χ0n) is 9.19. The summed E-state index contributed by atoms with van der Waals surface area (Å²) in [6.45, 7) is 3.17. The molecule has 0 saturated carbocycles. The van der Waals surface area contributed by atoms with E-state index in [-0.39, 0.29) is 12.3 Å². The molecule has 6 heteroatoms. The molecule has 0 saturated heterocycles. The molecule has 0 radical (unpaired) electrons. The van der Waals surface area contributed by atoms with Crippen LogP contribution in [0.25, 0.3) is 0 Å². The van der Waals surface area contributed by atoms with Crippen molar-refractivity contribution in [3.63, 3.8) is 0 Å². The molecule has 1 heterocycles. The lowest BCUT2D eigenvalue weighted by Gasteiger charge is -2.24. The van der Waals surface area contributed by atoms with Crippen molar-refractivity contribution in [3.8, 4) is 0 Å². The summed E-state index contributed by atoms with van der Waals surface area (Å²) in [6, 6.07) is 1.56. The van der Waals surface area contributed by atoms with Crippen LogP contribution >= 0.6 is 0 Å². The molecule has 6 nitrogen and oxygen atoms in total.